The van der Waals surface area contributed by atoms with E-state index in [2.05, 4.69) is 5.32 Å². The average molecular weight is 546 g/mol. The first kappa shape index (κ1) is 27.9. The van der Waals surface area contributed by atoms with Crippen molar-refractivity contribution in [1.82, 2.24) is 19.4 Å². The van der Waals surface area contributed by atoms with Crippen LogP contribution in [0.1, 0.15) is 15.9 Å². The van der Waals surface area contributed by atoms with Crippen molar-refractivity contribution in [2.45, 2.75) is 6.92 Å². The highest BCUT2D eigenvalue weighted by Crippen LogP contribution is 2.26. The molecule has 1 heterocycles. The van der Waals surface area contributed by atoms with Crippen LogP contribution in [0.3, 0.4) is 0 Å². The second kappa shape index (κ2) is 12.6. The third-order valence-electron chi connectivity index (χ3n) is 6.13. The number of aromatic nitrogens is 2. The third-order valence-corrected chi connectivity index (χ3v) is 6.38. The summed E-state index contributed by atoms with van der Waals surface area (Å²) >= 11 is 6.07. The molecule has 39 heavy (non-hydrogen) atoms. The second-order valence-electron chi connectivity index (χ2n) is 9.48. The molecule has 0 fully saturated rings. The number of nitrogens with one attached hydrogen (secondary N) is 1. The number of anilines is 1. The molecule has 4 rings (SSSR count). The molecule has 1 aromatic heterocycles. The standard InChI is InChI=1S/C30H32ClN5O3/c1-21-7-5-9-25(17-21)36-19-27(22-11-13-24(31)14-12-22)32-30(36)33-28(37)20-35(16-15-34(2)3)29(38)23-8-6-10-26(18-23)39-4/h5-14,17-19H,15-16,20H2,1-4H3,(H,32,33,37). The van der Waals surface area contributed by atoms with Crippen LogP contribution < -0.4 is 10.1 Å². The van der Waals surface area contributed by atoms with Crippen LogP contribution in [0.4, 0.5) is 5.95 Å². The molecule has 0 atom stereocenters. The summed E-state index contributed by atoms with van der Waals surface area (Å²) in [7, 11) is 5.39. The third kappa shape index (κ3) is 7.25. The number of imidazole rings is 1. The van der Waals surface area contributed by atoms with Crippen LogP contribution in [0.5, 0.6) is 5.75 Å². The Labute approximate surface area is 233 Å². The number of halogens is 1. The van der Waals surface area contributed by atoms with E-state index in [9.17, 15) is 9.59 Å². The maximum absolute atomic E-state index is 13.4. The first-order valence-corrected chi connectivity index (χ1v) is 12.9. The number of aryl methyl sites for hydroxylation is 1. The molecular formula is C30H32ClN5O3. The molecule has 0 aliphatic heterocycles. The maximum Gasteiger partial charge on any atom is 0.254 e. The van der Waals surface area contributed by atoms with Crippen LogP contribution in [0, 0.1) is 6.92 Å². The molecule has 3 aromatic carbocycles. The number of rotatable bonds is 10. The van der Waals surface area contributed by atoms with Crippen LogP contribution in [0.25, 0.3) is 16.9 Å². The molecular weight excluding hydrogens is 514 g/mol. The van der Waals surface area contributed by atoms with Gasteiger partial charge in [-0.1, -0.05) is 41.9 Å². The van der Waals surface area contributed by atoms with Crippen molar-refractivity contribution in [3.8, 4) is 22.7 Å². The summed E-state index contributed by atoms with van der Waals surface area (Å²) in [5.41, 5.74) is 3.93. The maximum atomic E-state index is 13.4. The van der Waals surface area contributed by atoms with E-state index in [1.54, 1.807) is 43.5 Å². The van der Waals surface area contributed by atoms with Gasteiger partial charge in [0.15, 0.2) is 0 Å². The predicted molar refractivity (Wildman–Crippen MR) is 155 cm³/mol. The van der Waals surface area contributed by atoms with Crippen LogP contribution in [-0.2, 0) is 4.79 Å². The van der Waals surface area contributed by atoms with Gasteiger partial charge in [0.2, 0.25) is 11.9 Å². The Kier molecular flexibility index (Phi) is 9.01. The van der Waals surface area contributed by atoms with Gasteiger partial charge < -0.3 is 14.5 Å². The van der Waals surface area contributed by atoms with Gasteiger partial charge in [-0.05, 0) is 69.0 Å². The van der Waals surface area contributed by atoms with E-state index >= 15 is 0 Å². The molecule has 0 aliphatic rings. The van der Waals surface area contributed by atoms with Gasteiger partial charge in [-0.2, -0.15) is 0 Å². The molecule has 202 valence electrons. The van der Waals surface area contributed by atoms with Gasteiger partial charge in [-0.15, -0.1) is 0 Å². The van der Waals surface area contributed by atoms with Crippen LogP contribution in [-0.4, -0.2) is 72.0 Å². The molecule has 0 spiro atoms. The second-order valence-corrected chi connectivity index (χ2v) is 9.91. The Morgan fingerprint density at radius 3 is 2.44 bits per heavy atom. The van der Waals surface area contributed by atoms with Gasteiger partial charge in [0.1, 0.15) is 12.3 Å². The van der Waals surface area contributed by atoms with Crippen LogP contribution in [0.15, 0.2) is 79.0 Å². The fourth-order valence-corrected chi connectivity index (χ4v) is 4.18. The minimum absolute atomic E-state index is 0.138. The quantitative estimate of drug-likeness (QED) is 0.298. The summed E-state index contributed by atoms with van der Waals surface area (Å²) in [5.74, 6) is 0.326. The zero-order chi connectivity index (χ0) is 27.9. The van der Waals surface area contributed by atoms with Gasteiger partial charge in [-0.25, -0.2) is 4.98 Å². The number of ether oxygens (including phenoxy) is 1. The van der Waals surface area contributed by atoms with Gasteiger partial charge in [-0.3, -0.25) is 19.5 Å². The fraction of sp³-hybridized carbons (Fsp3) is 0.233. The molecule has 0 saturated heterocycles. The SMILES string of the molecule is COc1cccc(C(=O)N(CCN(C)C)CC(=O)Nc2nc(-c3ccc(Cl)cc3)cn2-c2cccc(C)c2)c1. The molecule has 4 aromatic rings. The van der Waals surface area contributed by atoms with E-state index in [1.807, 2.05) is 73.1 Å². The fourth-order valence-electron chi connectivity index (χ4n) is 4.05. The molecule has 0 saturated carbocycles. The van der Waals surface area contributed by atoms with E-state index in [-0.39, 0.29) is 18.4 Å². The summed E-state index contributed by atoms with van der Waals surface area (Å²) < 4.78 is 7.11. The van der Waals surface area contributed by atoms with Gasteiger partial charge in [0, 0.05) is 41.1 Å². The van der Waals surface area contributed by atoms with Crippen molar-refractivity contribution in [3.63, 3.8) is 0 Å². The number of nitrogens with zero attached hydrogens (tertiary/aromatic N) is 4. The Bertz CT molecular complexity index is 1450. The number of carbonyl (C=O) groups is 2. The lowest BCUT2D eigenvalue weighted by molar-refractivity contribution is -0.117. The van der Waals surface area contributed by atoms with Gasteiger partial charge in [0.05, 0.1) is 12.8 Å². The van der Waals surface area contributed by atoms with Crippen molar-refractivity contribution in [2.24, 2.45) is 0 Å². The lowest BCUT2D eigenvalue weighted by Gasteiger charge is -2.24. The lowest BCUT2D eigenvalue weighted by Crippen LogP contribution is -2.41. The number of hydrogen-bond donors (Lipinski definition) is 1. The molecule has 0 unspecified atom stereocenters. The van der Waals surface area contributed by atoms with Crippen molar-refractivity contribution in [1.29, 1.82) is 0 Å². The number of amides is 2. The predicted octanol–water partition coefficient (Wildman–Crippen LogP) is 5.15. The first-order chi connectivity index (χ1) is 18.7. The summed E-state index contributed by atoms with van der Waals surface area (Å²) in [5, 5.41) is 3.56. The minimum atomic E-state index is -0.354. The molecule has 0 radical (unpaired) electrons. The molecule has 8 nitrogen and oxygen atoms in total. The van der Waals surface area contributed by atoms with Crippen LogP contribution >= 0.6 is 11.6 Å². The zero-order valence-corrected chi connectivity index (χ0v) is 23.3. The van der Waals surface area contributed by atoms with Crippen molar-refractivity contribution >= 4 is 29.4 Å². The van der Waals surface area contributed by atoms with Crippen molar-refractivity contribution in [3.05, 3.63) is 95.1 Å². The Morgan fingerprint density at radius 2 is 1.74 bits per heavy atom. The number of benzene rings is 3. The largest absolute Gasteiger partial charge is 0.497 e. The molecule has 0 bridgehead atoms. The molecule has 1 N–H and O–H groups in total. The van der Waals surface area contributed by atoms with E-state index < -0.39 is 0 Å². The lowest BCUT2D eigenvalue weighted by atomic mass is 10.2. The summed E-state index contributed by atoms with van der Waals surface area (Å²) in [6.45, 7) is 2.84. The Balaban J connectivity index is 1.62. The van der Waals surface area contributed by atoms with E-state index in [1.165, 1.54) is 4.90 Å². The number of hydrogen-bond acceptors (Lipinski definition) is 5. The molecule has 0 aliphatic carbocycles. The molecule has 9 heteroatoms. The highest BCUT2D eigenvalue weighted by molar-refractivity contribution is 6.30. The summed E-state index contributed by atoms with van der Waals surface area (Å²) in [4.78, 5) is 35.0. The van der Waals surface area contributed by atoms with E-state index in [0.717, 1.165) is 16.8 Å². The number of likely N-dealkylation sites (N-methyl/N-ethyl adjacent to an activating group) is 1. The van der Waals surface area contributed by atoms with Gasteiger partial charge in [0.25, 0.3) is 5.91 Å². The molecule has 2 amide bonds. The Morgan fingerprint density at radius 1 is 1.00 bits per heavy atom. The first-order valence-electron chi connectivity index (χ1n) is 12.5. The smallest absolute Gasteiger partial charge is 0.254 e. The topological polar surface area (TPSA) is 79.7 Å². The van der Waals surface area contributed by atoms with Crippen molar-refractivity contribution in [2.75, 3.05) is 46.2 Å². The van der Waals surface area contributed by atoms with Crippen LogP contribution in [0.2, 0.25) is 5.02 Å². The highest BCUT2D eigenvalue weighted by atomic mass is 35.5. The monoisotopic (exact) mass is 545 g/mol. The normalized spacial score (nSPS) is 10.9. The average Bonchev–Trinajstić information content (AvgIpc) is 3.34. The van der Waals surface area contributed by atoms with Crippen molar-refractivity contribution < 1.29 is 14.3 Å². The summed E-state index contributed by atoms with van der Waals surface area (Å²) in [6, 6.07) is 22.2. The van der Waals surface area contributed by atoms with E-state index in [0.29, 0.717) is 41.1 Å². The summed E-state index contributed by atoms with van der Waals surface area (Å²) in [6.07, 6.45) is 1.87. The highest BCUT2D eigenvalue weighted by Gasteiger charge is 2.21. The number of methoxy groups -OCH3 is 1. The van der Waals surface area contributed by atoms with Gasteiger partial charge >= 0.3 is 0 Å². The Hall–Kier alpha value is -4.14. The number of carbonyl (C=O) groups excluding carboxylic acids is 2. The van der Waals surface area contributed by atoms with E-state index in [4.69, 9.17) is 21.3 Å². The zero-order valence-electron chi connectivity index (χ0n) is 22.5. The minimum Gasteiger partial charge on any atom is -0.497 e.